The summed E-state index contributed by atoms with van der Waals surface area (Å²) in [5, 5.41) is 0. The van der Waals surface area contributed by atoms with Gasteiger partial charge in [0, 0.05) is 38.3 Å². The van der Waals surface area contributed by atoms with E-state index in [1.54, 1.807) is 7.11 Å². The number of piperazine rings is 1. The van der Waals surface area contributed by atoms with Crippen molar-refractivity contribution in [3.63, 3.8) is 0 Å². The molecule has 3 aromatic rings. The molecular weight excluding hydrogens is 518 g/mol. The van der Waals surface area contributed by atoms with Crippen molar-refractivity contribution in [2.24, 2.45) is 0 Å². The van der Waals surface area contributed by atoms with Gasteiger partial charge in [-0.25, -0.2) is 0 Å². The van der Waals surface area contributed by atoms with Gasteiger partial charge in [0.2, 0.25) is 5.91 Å². The molecule has 0 saturated carbocycles. The van der Waals surface area contributed by atoms with Gasteiger partial charge in [0.05, 0.1) is 38.0 Å². The number of methoxy groups -OCH3 is 1. The monoisotopic (exact) mass is 555 g/mol. The number of ether oxygens (including phenoxy) is 3. The fraction of sp³-hybridized carbons (Fsp3) is 0.394. The molecule has 0 unspecified atom stereocenters. The summed E-state index contributed by atoms with van der Waals surface area (Å²) in [6.07, 6.45) is 0.699. The third-order valence-electron chi connectivity index (χ3n) is 8.47. The van der Waals surface area contributed by atoms with Crippen molar-refractivity contribution >= 4 is 17.5 Å². The molecule has 3 aromatic carbocycles. The molecule has 0 aromatic heterocycles. The van der Waals surface area contributed by atoms with E-state index in [0.717, 1.165) is 28.1 Å². The van der Waals surface area contributed by atoms with Gasteiger partial charge in [-0.1, -0.05) is 30.3 Å². The van der Waals surface area contributed by atoms with Gasteiger partial charge in [0.25, 0.3) is 5.91 Å². The maximum absolute atomic E-state index is 14.5. The lowest BCUT2D eigenvalue weighted by molar-refractivity contribution is -0.135. The molecule has 2 amide bonds. The molecule has 8 heteroatoms. The van der Waals surface area contributed by atoms with Gasteiger partial charge >= 0.3 is 0 Å². The molecule has 0 aliphatic carbocycles. The zero-order valence-corrected chi connectivity index (χ0v) is 24.0. The maximum Gasteiger partial charge on any atom is 0.254 e. The number of anilines is 1. The van der Waals surface area contributed by atoms with Gasteiger partial charge in [-0.3, -0.25) is 9.59 Å². The number of amides is 2. The van der Waals surface area contributed by atoms with Crippen LogP contribution in [0.4, 0.5) is 5.69 Å². The Morgan fingerprint density at radius 3 is 2.24 bits per heavy atom. The van der Waals surface area contributed by atoms with Crippen LogP contribution in [-0.4, -0.2) is 74.7 Å². The molecule has 1 saturated heterocycles. The average molecular weight is 556 g/mol. The van der Waals surface area contributed by atoms with Crippen molar-refractivity contribution in [2.45, 2.75) is 32.2 Å². The van der Waals surface area contributed by atoms with Crippen molar-refractivity contribution in [1.29, 1.82) is 0 Å². The molecule has 3 aliphatic heterocycles. The first-order valence-corrected chi connectivity index (χ1v) is 14.5. The fourth-order valence-electron chi connectivity index (χ4n) is 6.59. The molecule has 6 rings (SSSR count). The van der Waals surface area contributed by atoms with Crippen LogP contribution in [0.15, 0.2) is 60.7 Å². The van der Waals surface area contributed by atoms with E-state index < -0.39 is 12.0 Å². The molecule has 41 heavy (non-hydrogen) atoms. The van der Waals surface area contributed by atoms with Crippen LogP contribution in [0, 0.1) is 0 Å². The highest BCUT2D eigenvalue weighted by atomic mass is 16.5. The average Bonchev–Trinajstić information content (AvgIpc) is 3.01. The Labute approximate surface area is 241 Å². The lowest BCUT2D eigenvalue weighted by Crippen LogP contribution is -2.54. The van der Waals surface area contributed by atoms with Gasteiger partial charge in [-0.15, -0.1) is 0 Å². The van der Waals surface area contributed by atoms with E-state index in [1.807, 2.05) is 78.2 Å². The Kier molecular flexibility index (Phi) is 7.47. The van der Waals surface area contributed by atoms with Gasteiger partial charge in [0.1, 0.15) is 5.75 Å². The summed E-state index contributed by atoms with van der Waals surface area (Å²) < 4.78 is 17.5. The predicted molar refractivity (Wildman–Crippen MR) is 157 cm³/mol. The molecule has 0 bridgehead atoms. The Bertz CT molecular complexity index is 1450. The lowest BCUT2D eigenvalue weighted by atomic mass is 9.75. The van der Waals surface area contributed by atoms with E-state index in [-0.39, 0.29) is 11.8 Å². The molecule has 2 atom stereocenters. The van der Waals surface area contributed by atoms with Crippen molar-refractivity contribution in [2.75, 3.05) is 57.9 Å². The molecule has 3 aliphatic rings. The van der Waals surface area contributed by atoms with E-state index in [9.17, 15) is 9.59 Å². The molecule has 1 fully saturated rings. The topological polar surface area (TPSA) is 71.5 Å². The first-order valence-electron chi connectivity index (χ1n) is 14.5. The minimum absolute atomic E-state index is 0.0202. The molecule has 8 nitrogen and oxygen atoms in total. The van der Waals surface area contributed by atoms with Crippen LogP contribution in [0.5, 0.6) is 17.2 Å². The van der Waals surface area contributed by atoms with Crippen LogP contribution in [-0.2, 0) is 11.2 Å². The summed E-state index contributed by atoms with van der Waals surface area (Å²) >= 11 is 0. The number of carbonyl (C=O) groups excluding carboxylic acids is 2. The van der Waals surface area contributed by atoms with Crippen LogP contribution >= 0.6 is 0 Å². The number of para-hydroxylation sites is 2. The first kappa shape index (κ1) is 27.0. The van der Waals surface area contributed by atoms with Crippen LogP contribution < -0.4 is 19.1 Å². The first-order chi connectivity index (χ1) is 20.0. The van der Waals surface area contributed by atoms with E-state index in [1.165, 1.54) is 0 Å². The maximum atomic E-state index is 14.5. The smallest absolute Gasteiger partial charge is 0.254 e. The SMILES string of the molecule is CCOc1cc2c(cc1OCC)[C@H]1[C@H](C(=O)N3CCN(c4ccccc4OC)CC3)c3ccccc3C(=O)N1CC2. The number of hydrogen-bond acceptors (Lipinski definition) is 6. The minimum Gasteiger partial charge on any atom is -0.495 e. The Morgan fingerprint density at radius 1 is 0.829 bits per heavy atom. The standard InChI is InChI=1S/C33H37N3O5/c1-4-40-28-20-22-14-15-36-31(25(22)21-29(28)41-5-2)30(23-10-6-7-11-24(23)32(36)37)33(38)35-18-16-34(17-19-35)26-12-8-9-13-27(26)39-3/h6-13,20-21,30-31H,4-5,14-19H2,1-3H3/t30-,31+/m1/s1. The predicted octanol–water partition coefficient (Wildman–Crippen LogP) is 4.68. The van der Waals surface area contributed by atoms with E-state index in [2.05, 4.69) is 11.0 Å². The van der Waals surface area contributed by atoms with Gasteiger partial charge in [0.15, 0.2) is 11.5 Å². The molecule has 3 heterocycles. The largest absolute Gasteiger partial charge is 0.495 e. The Hall–Kier alpha value is -4.20. The summed E-state index contributed by atoms with van der Waals surface area (Å²) in [5.41, 5.74) is 4.53. The van der Waals surface area contributed by atoms with Crippen LogP contribution in [0.25, 0.3) is 0 Å². The quantitative estimate of drug-likeness (QED) is 0.422. The van der Waals surface area contributed by atoms with Gasteiger partial charge in [-0.2, -0.15) is 0 Å². The summed E-state index contributed by atoms with van der Waals surface area (Å²) in [6, 6.07) is 19.2. The lowest BCUT2D eigenvalue weighted by Gasteiger charge is -2.47. The normalized spacial score (nSPS) is 19.7. The summed E-state index contributed by atoms with van der Waals surface area (Å²) in [4.78, 5) is 34.4. The van der Waals surface area contributed by atoms with Crippen molar-refractivity contribution < 1.29 is 23.8 Å². The molecule has 0 N–H and O–H groups in total. The summed E-state index contributed by atoms with van der Waals surface area (Å²) in [6.45, 7) is 8.07. The summed E-state index contributed by atoms with van der Waals surface area (Å²) in [5.74, 6) is 1.72. The highest BCUT2D eigenvalue weighted by Gasteiger charge is 2.48. The third-order valence-corrected chi connectivity index (χ3v) is 8.47. The van der Waals surface area contributed by atoms with Crippen LogP contribution in [0.3, 0.4) is 0 Å². The molecule has 0 spiro atoms. The number of fused-ring (bicyclic) bond motifs is 4. The summed E-state index contributed by atoms with van der Waals surface area (Å²) in [7, 11) is 1.68. The van der Waals surface area contributed by atoms with Crippen LogP contribution in [0.1, 0.15) is 52.9 Å². The van der Waals surface area contributed by atoms with E-state index in [4.69, 9.17) is 14.2 Å². The van der Waals surface area contributed by atoms with E-state index in [0.29, 0.717) is 69.4 Å². The minimum atomic E-state index is -0.506. The highest BCUT2D eigenvalue weighted by molar-refractivity contribution is 6.01. The second-order valence-corrected chi connectivity index (χ2v) is 10.6. The van der Waals surface area contributed by atoms with Gasteiger partial charge in [-0.05, 0) is 67.3 Å². The number of rotatable bonds is 7. The van der Waals surface area contributed by atoms with Crippen molar-refractivity contribution in [3.05, 3.63) is 82.9 Å². The number of hydrogen-bond donors (Lipinski definition) is 0. The zero-order valence-electron chi connectivity index (χ0n) is 24.0. The Balaban J connectivity index is 1.36. The Morgan fingerprint density at radius 2 is 1.51 bits per heavy atom. The second kappa shape index (κ2) is 11.4. The number of nitrogens with zero attached hydrogens (tertiary/aromatic N) is 3. The molecular formula is C33H37N3O5. The van der Waals surface area contributed by atoms with Crippen molar-refractivity contribution in [3.8, 4) is 17.2 Å². The fourth-order valence-corrected chi connectivity index (χ4v) is 6.59. The second-order valence-electron chi connectivity index (χ2n) is 10.6. The number of benzene rings is 3. The highest BCUT2D eigenvalue weighted by Crippen LogP contribution is 2.49. The third kappa shape index (κ3) is 4.75. The van der Waals surface area contributed by atoms with Crippen molar-refractivity contribution in [1.82, 2.24) is 9.80 Å². The molecule has 214 valence electrons. The van der Waals surface area contributed by atoms with E-state index >= 15 is 0 Å². The van der Waals surface area contributed by atoms with Crippen LogP contribution in [0.2, 0.25) is 0 Å². The zero-order chi connectivity index (χ0) is 28.5. The molecule has 0 radical (unpaired) electrons. The number of carbonyl (C=O) groups is 2. The van der Waals surface area contributed by atoms with Gasteiger partial charge < -0.3 is 28.9 Å².